The highest BCUT2D eigenvalue weighted by atomic mass is 35.5. The summed E-state index contributed by atoms with van der Waals surface area (Å²) in [6.45, 7) is 0. The van der Waals surface area contributed by atoms with Gasteiger partial charge in [-0.2, -0.15) is 5.10 Å². The van der Waals surface area contributed by atoms with E-state index in [4.69, 9.17) is 17.3 Å². The van der Waals surface area contributed by atoms with Gasteiger partial charge in [-0.3, -0.25) is 4.98 Å². The first-order valence-electron chi connectivity index (χ1n) is 5.89. The monoisotopic (exact) mass is 286 g/mol. The van der Waals surface area contributed by atoms with Gasteiger partial charge in [0.25, 0.3) is 0 Å². The number of phenols is 1. The molecule has 2 aromatic heterocycles. The lowest BCUT2D eigenvalue weighted by Crippen LogP contribution is -1.97. The van der Waals surface area contributed by atoms with Crippen molar-refractivity contribution in [3.8, 4) is 22.7 Å². The molecule has 3 aromatic rings. The minimum absolute atomic E-state index is 0.130. The van der Waals surface area contributed by atoms with Crippen LogP contribution >= 0.6 is 11.6 Å². The summed E-state index contributed by atoms with van der Waals surface area (Å²) in [6.07, 6.45) is 4.99. The Morgan fingerprint density at radius 2 is 2.00 bits per heavy atom. The van der Waals surface area contributed by atoms with Crippen molar-refractivity contribution in [3.63, 3.8) is 0 Å². The molecule has 0 aliphatic heterocycles. The molecule has 0 unspecified atom stereocenters. The maximum atomic E-state index is 9.87. The molecule has 0 radical (unpaired) electrons. The summed E-state index contributed by atoms with van der Waals surface area (Å²) in [7, 11) is 0. The van der Waals surface area contributed by atoms with E-state index in [-0.39, 0.29) is 5.75 Å². The molecule has 3 rings (SSSR count). The van der Waals surface area contributed by atoms with E-state index in [2.05, 4.69) is 10.1 Å². The Balaban J connectivity index is 2.04. The highest BCUT2D eigenvalue weighted by Gasteiger charge is 2.09. The number of halogens is 1. The predicted molar refractivity (Wildman–Crippen MR) is 77.9 cm³/mol. The van der Waals surface area contributed by atoms with E-state index in [0.717, 1.165) is 5.69 Å². The van der Waals surface area contributed by atoms with Crippen molar-refractivity contribution >= 4 is 17.3 Å². The third kappa shape index (κ3) is 2.31. The molecule has 0 atom stereocenters. The Hall–Kier alpha value is -2.53. The highest BCUT2D eigenvalue weighted by molar-refractivity contribution is 6.30. The van der Waals surface area contributed by atoms with Gasteiger partial charge in [-0.25, -0.2) is 4.68 Å². The second-order valence-electron chi connectivity index (χ2n) is 4.28. The quantitative estimate of drug-likeness (QED) is 0.759. The van der Waals surface area contributed by atoms with Crippen LogP contribution in [0.25, 0.3) is 16.9 Å². The third-order valence-corrected chi connectivity index (χ3v) is 3.07. The third-order valence-electron chi connectivity index (χ3n) is 2.83. The summed E-state index contributed by atoms with van der Waals surface area (Å²) < 4.78 is 1.64. The van der Waals surface area contributed by atoms with Crippen molar-refractivity contribution in [2.45, 2.75) is 0 Å². The minimum Gasteiger partial charge on any atom is -0.507 e. The summed E-state index contributed by atoms with van der Waals surface area (Å²) in [5.41, 5.74) is 8.20. The van der Waals surface area contributed by atoms with Crippen LogP contribution in [0.4, 0.5) is 5.69 Å². The highest BCUT2D eigenvalue weighted by Crippen LogP contribution is 2.30. The Kier molecular flexibility index (Phi) is 3.04. The van der Waals surface area contributed by atoms with Gasteiger partial charge in [-0.1, -0.05) is 11.6 Å². The molecule has 0 aliphatic carbocycles. The topological polar surface area (TPSA) is 77.0 Å². The molecule has 0 saturated carbocycles. The molecule has 0 spiro atoms. The van der Waals surface area contributed by atoms with Crippen LogP contribution in [0.5, 0.6) is 5.75 Å². The first-order chi connectivity index (χ1) is 9.63. The Labute approximate surface area is 120 Å². The van der Waals surface area contributed by atoms with E-state index >= 15 is 0 Å². The van der Waals surface area contributed by atoms with Gasteiger partial charge in [0, 0.05) is 23.0 Å². The lowest BCUT2D eigenvalue weighted by atomic mass is 10.1. The number of hydrogen-bond acceptors (Lipinski definition) is 4. The number of pyridine rings is 1. The summed E-state index contributed by atoms with van der Waals surface area (Å²) in [6, 6.07) is 8.38. The van der Waals surface area contributed by atoms with Crippen molar-refractivity contribution in [2.75, 3.05) is 5.73 Å². The molecule has 20 heavy (non-hydrogen) atoms. The largest absolute Gasteiger partial charge is 0.507 e. The van der Waals surface area contributed by atoms with E-state index in [1.54, 1.807) is 53.6 Å². The number of phenolic OH excluding ortho intramolecular Hbond substituents is 1. The van der Waals surface area contributed by atoms with Crippen molar-refractivity contribution < 1.29 is 5.11 Å². The van der Waals surface area contributed by atoms with Crippen LogP contribution in [0.1, 0.15) is 0 Å². The molecule has 0 fully saturated rings. The zero-order chi connectivity index (χ0) is 14.1. The molecule has 1 aromatic carbocycles. The SMILES string of the molecule is Nc1cncc(-n2ccc(-c3cc(Cl)ccc3O)n2)c1. The normalized spacial score (nSPS) is 10.7. The van der Waals surface area contributed by atoms with Gasteiger partial charge in [0.2, 0.25) is 0 Å². The molecule has 5 nitrogen and oxygen atoms in total. The number of rotatable bonds is 2. The van der Waals surface area contributed by atoms with Crippen molar-refractivity contribution in [2.24, 2.45) is 0 Å². The zero-order valence-corrected chi connectivity index (χ0v) is 11.1. The Morgan fingerprint density at radius 1 is 1.15 bits per heavy atom. The lowest BCUT2D eigenvalue weighted by Gasteiger charge is -2.03. The fraction of sp³-hybridized carbons (Fsp3) is 0. The Morgan fingerprint density at radius 3 is 2.80 bits per heavy atom. The van der Waals surface area contributed by atoms with E-state index in [1.165, 1.54) is 0 Å². The molecule has 3 N–H and O–H groups in total. The van der Waals surface area contributed by atoms with E-state index < -0.39 is 0 Å². The second kappa shape index (κ2) is 4.86. The van der Waals surface area contributed by atoms with Crippen LogP contribution in [0, 0.1) is 0 Å². The van der Waals surface area contributed by atoms with Gasteiger partial charge in [-0.05, 0) is 30.3 Å². The van der Waals surface area contributed by atoms with E-state index in [1.807, 2.05) is 0 Å². The second-order valence-corrected chi connectivity index (χ2v) is 4.72. The summed E-state index contributed by atoms with van der Waals surface area (Å²) in [5.74, 6) is 0.130. The number of nitrogens with two attached hydrogens (primary N) is 1. The predicted octanol–water partition coefficient (Wildman–Crippen LogP) is 2.88. The molecule has 0 saturated heterocycles. The molecule has 2 heterocycles. The number of aromatic nitrogens is 3. The maximum Gasteiger partial charge on any atom is 0.125 e. The fourth-order valence-electron chi connectivity index (χ4n) is 1.90. The fourth-order valence-corrected chi connectivity index (χ4v) is 2.07. The standard InChI is InChI=1S/C14H11ClN4O/c15-9-1-2-14(20)12(5-9)13-3-4-19(18-13)11-6-10(16)7-17-8-11/h1-8,20H,16H2. The van der Waals surface area contributed by atoms with Gasteiger partial charge < -0.3 is 10.8 Å². The van der Waals surface area contributed by atoms with Crippen LogP contribution in [-0.2, 0) is 0 Å². The first-order valence-corrected chi connectivity index (χ1v) is 6.27. The van der Waals surface area contributed by atoms with Crippen LogP contribution in [0.15, 0.2) is 48.9 Å². The minimum atomic E-state index is 0.130. The van der Waals surface area contributed by atoms with Crippen LogP contribution in [0.3, 0.4) is 0 Å². The van der Waals surface area contributed by atoms with E-state index in [0.29, 0.717) is 22.0 Å². The van der Waals surface area contributed by atoms with Gasteiger partial charge in [-0.15, -0.1) is 0 Å². The van der Waals surface area contributed by atoms with Crippen molar-refractivity contribution in [1.29, 1.82) is 0 Å². The van der Waals surface area contributed by atoms with Crippen LogP contribution < -0.4 is 5.73 Å². The number of aromatic hydroxyl groups is 1. The van der Waals surface area contributed by atoms with Gasteiger partial charge in [0.15, 0.2) is 0 Å². The number of nitrogen functional groups attached to an aromatic ring is 1. The van der Waals surface area contributed by atoms with Gasteiger partial charge >= 0.3 is 0 Å². The average Bonchev–Trinajstić information content (AvgIpc) is 2.91. The van der Waals surface area contributed by atoms with Crippen LogP contribution in [-0.4, -0.2) is 19.9 Å². The zero-order valence-electron chi connectivity index (χ0n) is 10.4. The summed E-state index contributed by atoms with van der Waals surface area (Å²) in [5, 5.41) is 14.8. The van der Waals surface area contributed by atoms with Crippen molar-refractivity contribution in [1.82, 2.24) is 14.8 Å². The number of hydrogen-bond donors (Lipinski definition) is 2. The van der Waals surface area contributed by atoms with E-state index in [9.17, 15) is 5.11 Å². The molecular formula is C14H11ClN4O. The van der Waals surface area contributed by atoms with Crippen molar-refractivity contribution in [3.05, 3.63) is 53.9 Å². The maximum absolute atomic E-state index is 9.87. The Bertz CT molecular complexity index is 769. The molecular weight excluding hydrogens is 276 g/mol. The number of nitrogens with zero attached hydrogens (tertiary/aromatic N) is 3. The molecule has 100 valence electrons. The smallest absolute Gasteiger partial charge is 0.125 e. The van der Waals surface area contributed by atoms with Gasteiger partial charge in [0.05, 0.1) is 23.3 Å². The number of anilines is 1. The summed E-state index contributed by atoms with van der Waals surface area (Å²) in [4.78, 5) is 4.02. The summed E-state index contributed by atoms with van der Waals surface area (Å²) >= 11 is 5.94. The number of benzene rings is 1. The van der Waals surface area contributed by atoms with Gasteiger partial charge in [0.1, 0.15) is 5.75 Å². The molecule has 6 heteroatoms. The first kappa shape index (κ1) is 12.5. The molecule has 0 amide bonds. The molecule has 0 bridgehead atoms. The lowest BCUT2D eigenvalue weighted by molar-refractivity contribution is 0.477. The average molecular weight is 287 g/mol. The molecule has 0 aliphatic rings. The van der Waals surface area contributed by atoms with Crippen LogP contribution in [0.2, 0.25) is 5.02 Å².